The molecule has 2 heteroatoms. The van der Waals surface area contributed by atoms with Crippen LogP contribution in [0.1, 0.15) is 52.9 Å². The first-order valence-electron chi connectivity index (χ1n) is 5.18. The summed E-state index contributed by atoms with van der Waals surface area (Å²) in [6, 6.07) is 0. The Morgan fingerprint density at radius 3 is 2.00 bits per heavy atom. The second-order valence-corrected chi connectivity index (χ2v) is 3.51. The molecule has 0 rings (SSSR count). The van der Waals surface area contributed by atoms with Gasteiger partial charge in [-0.15, -0.1) is 0 Å². The van der Waals surface area contributed by atoms with Crippen LogP contribution in [0.3, 0.4) is 0 Å². The van der Waals surface area contributed by atoms with E-state index in [0.717, 1.165) is 19.3 Å². The fraction of sp³-hybridized carbons (Fsp3) is 0.818. The van der Waals surface area contributed by atoms with Crippen LogP contribution in [-0.4, -0.2) is 11.6 Å². The van der Waals surface area contributed by atoms with E-state index >= 15 is 0 Å². The average molecular weight is 184 g/mol. The van der Waals surface area contributed by atoms with Crippen molar-refractivity contribution in [3.63, 3.8) is 0 Å². The lowest BCUT2D eigenvalue weighted by Crippen LogP contribution is -2.20. The molecule has 0 spiro atoms. The van der Waals surface area contributed by atoms with E-state index in [9.17, 15) is 9.59 Å². The Labute approximate surface area is 80.7 Å². The first-order chi connectivity index (χ1) is 6.13. The molecule has 0 saturated carbocycles. The standard InChI is InChI=1S/C11H20O2/c1-4-6-8-11(13)9(3)10(12)7-5-2/h9H,4-8H2,1-3H3. The second kappa shape index (κ2) is 6.81. The summed E-state index contributed by atoms with van der Waals surface area (Å²) in [5, 5.41) is 0. The molecule has 2 nitrogen and oxygen atoms in total. The Morgan fingerprint density at radius 1 is 1.00 bits per heavy atom. The van der Waals surface area contributed by atoms with E-state index in [2.05, 4.69) is 0 Å². The van der Waals surface area contributed by atoms with Crippen molar-refractivity contribution in [1.82, 2.24) is 0 Å². The predicted molar refractivity (Wildman–Crippen MR) is 53.6 cm³/mol. The highest BCUT2D eigenvalue weighted by molar-refractivity contribution is 6.01. The number of ketones is 2. The molecule has 76 valence electrons. The van der Waals surface area contributed by atoms with Gasteiger partial charge in [-0.1, -0.05) is 20.3 Å². The van der Waals surface area contributed by atoms with Crippen molar-refractivity contribution in [2.45, 2.75) is 52.9 Å². The van der Waals surface area contributed by atoms with Gasteiger partial charge in [0.15, 0.2) is 0 Å². The summed E-state index contributed by atoms with van der Waals surface area (Å²) in [7, 11) is 0. The lowest BCUT2D eigenvalue weighted by atomic mass is 9.95. The summed E-state index contributed by atoms with van der Waals surface area (Å²) >= 11 is 0. The van der Waals surface area contributed by atoms with Gasteiger partial charge in [-0.3, -0.25) is 9.59 Å². The Morgan fingerprint density at radius 2 is 1.54 bits per heavy atom. The van der Waals surface area contributed by atoms with Crippen molar-refractivity contribution in [2.24, 2.45) is 5.92 Å². The van der Waals surface area contributed by atoms with Crippen LogP contribution in [0.5, 0.6) is 0 Å². The van der Waals surface area contributed by atoms with Gasteiger partial charge in [0.05, 0.1) is 5.92 Å². The Kier molecular flexibility index (Phi) is 6.47. The van der Waals surface area contributed by atoms with Crippen LogP contribution < -0.4 is 0 Å². The highest BCUT2D eigenvalue weighted by Gasteiger charge is 2.19. The molecular weight excluding hydrogens is 164 g/mol. The molecule has 0 aliphatic carbocycles. The van der Waals surface area contributed by atoms with E-state index in [1.54, 1.807) is 6.92 Å². The molecule has 0 aliphatic rings. The third-order valence-electron chi connectivity index (χ3n) is 2.24. The van der Waals surface area contributed by atoms with Gasteiger partial charge in [-0.25, -0.2) is 0 Å². The van der Waals surface area contributed by atoms with Gasteiger partial charge in [0.25, 0.3) is 0 Å². The number of carbonyl (C=O) groups excluding carboxylic acids is 2. The quantitative estimate of drug-likeness (QED) is 0.570. The molecular formula is C11H20O2. The van der Waals surface area contributed by atoms with Crippen LogP contribution in [0, 0.1) is 5.92 Å². The van der Waals surface area contributed by atoms with Gasteiger partial charge in [0.1, 0.15) is 11.6 Å². The maximum Gasteiger partial charge on any atom is 0.143 e. The largest absolute Gasteiger partial charge is 0.299 e. The summed E-state index contributed by atoms with van der Waals surface area (Å²) in [4.78, 5) is 22.7. The summed E-state index contributed by atoms with van der Waals surface area (Å²) in [6.45, 7) is 5.74. The lowest BCUT2D eigenvalue weighted by molar-refractivity contribution is -0.132. The monoisotopic (exact) mass is 184 g/mol. The topological polar surface area (TPSA) is 34.1 Å². The van der Waals surface area contributed by atoms with Crippen LogP contribution in [0.2, 0.25) is 0 Å². The van der Waals surface area contributed by atoms with E-state index in [1.807, 2.05) is 13.8 Å². The Bertz CT molecular complexity index is 173. The SMILES string of the molecule is CCCCC(=O)C(C)C(=O)CCC. The Hall–Kier alpha value is -0.660. The fourth-order valence-corrected chi connectivity index (χ4v) is 1.21. The van der Waals surface area contributed by atoms with Gasteiger partial charge >= 0.3 is 0 Å². The van der Waals surface area contributed by atoms with E-state index in [1.165, 1.54) is 0 Å². The first-order valence-corrected chi connectivity index (χ1v) is 5.18. The summed E-state index contributed by atoms with van der Waals surface area (Å²) in [5.41, 5.74) is 0. The fourth-order valence-electron chi connectivity index (χ4n) is 1.21. The maximum absolute atomic E-state index is 11.4. The molecule has 0 saturated heterocycles. The number of rotatable bonds is 7. The maximum atomic E-state index is 11.4. The molecule has 0 N–H and O–H groups in total. The highest BCUT2D eigenvalue weighted by atomic mass is 16.1. The van der Waals surface area contributed by atoms with E-state index in [-0.39, 0.29) is 17.5 Å². The third-order valence-corrected chi connectivity index (χ3v) is 2.24. The van der Waals surface area contributed by atoms with Gasteiger partial charge in [0.2, 0.25) is 0 Å². The molecule has 13 heavy (non-hydrogen) atoms. The number of unbranched alkanes of at least 4 members (excludes halogenated alkanes) is 1. The van der Waals surface area contributed by atoms with E-state index < -0.39 is 0 Å². The van der Waals surface area contributed by atoms with Gasteiger partial charge < -0.3 is 0 Å². The zero-order valence-corrected chi connectivity index (χ0v) is 8.93. The second-order valence-electron chi connectivity index (χ2n) is 3.51. The van der Waals surface area contributed by atoms with Gasteiger partial charge in [-0.05, 0) is 19.8 Å². The molecule has 0 fully saturated rings. The molecule has 0 amide bonds. The van der Waals surface area contributed by atoms with Crippen molar-refractivity contribution in [3.05, 3.63) is 0 Å². The zero-order chi connectivity index (χ0) is 10.3. The summed E-state index contributed by atoms with van der Waals surface area (Å²) in [5.74, 6) is -0.157. The first kappa shape index (κ1) is 12.3. The van der Waals surface area contributed by atoms with Crippen LogP contribution in [0.15, 0.2) is 0 Å². The molecule has 0 heterocycles. The number of hydrogen-bond acceptors (Lipinski definition) is 2. The van der Waals surface area contributed by atoms with Crippen LogP contribution in [-0.2, 0) is 9.59 Å². The average Bonchev–Trinajstić information content (AvgIpc) is 2.13. The number of carbonyl (C=O) groups is 2. The smallest absolute Gasteiger partial charge is 0.143 e. The van der Waals surface area contributed by atoms with Crippen LogP contribution >= 0.6 is 0 Å². The van der Waals surface area contributed by atoms with Crippen molar-refractivity contribution >= 4 is 11.6 Å². The Balaban J connectivity index is 3.87. The summed E-state index contributed by atoms with van der Waals surface area (Å²) < 4.78 is 0. The van der Waals surface area contributed by atoms with E-state index in [4.69, 9.17) is 0 Å². The molecule has 0 bridgehead atoms. The molecule has 0 aliphatic heterocycles. The molecule has 0 radical (unpaired) electrons. The minimum atomic E-state index is -0.369. The van der Waals surface area contributed by atoms with Crippen molar-refractivity contribution in [1.29, 1.82) is 0 Å². The van der Waals surface area contributed by atoms with Crippen molar-refractivity contribution in [2.75, 3.05) is 0 Å². The minimum Gasteiger partial charge on any atom is -0.299 e. The molecule has 1 atom stereocenters. The zero-order valence-electron chi connectivity index (χ0n) is 8.93. The molecule has 0 aromatic rings. The van der Waals surface area contributed by atoms with Crippen LogP contribution in [0.4, 0.5) is 0 Å². The normalized spacial score (nSPS) is 12.5. The number of hydrogen-bond donors (Lipinski definition) is 0. The lowest BCUT2D eigenvalue weighted by Gasteiger charge is -2.07. The predicted octanol–water partition coefficient (Wildman–Crippen LogP) is 2.75. The molecule has 1 unspecified atom stereocenters. The minimum absolute atomic E-state index is 0.101. The third kappa shape index (κ3) is 4.81. The van der Waals surface area contributed by atoms with Crippen molar-refractivity contribution in [3.8, 4) is 0 Å². The van der Waals surface area contributed by atoms with E-state index in [0.29, 0.717) is 12.8 Å². The highest BCUT2D eigenvalue weighted by Crippen LogP contribution is 2.09. The molecule has 0 aromatic heterocycles. The van der Waals surface area contributed by atoms with Crippen LogP contribution in [0.25, 0.3) is 0 Å². The number of Topliss-reactive ketones (excluding diaryl/α,β-unsaturated/α-hetero) is 2. The van der Waals surface area contributed by atoms with Gasteiger partial charge in [0, 0.05) is 12.8 Å². The van der Waals surface area contributed by atoms with Gasteiger partial charge in [-0.2, -0.15) is 0 Å². The van der Waals surface area contributed by atoms with Crippen molar-refractivity contribution < 1.29 is 9.59 Å². The summed E-state index contributed by atoms with van der Waals surface area (Å²) in [6.07, 6.45) is 3.86. The molecule has 0 aromatic carbocycles.